The van der Waals surface area contributed by atoms with Crippen LogP contribution < -0.4 is 0 Å². The molecule has 60 valence electrons. The molecule has 0 saturated carbocycles. The Kier molecular flexibility index (Phi) is 4.78. The van der Waals surface area contributed by atoms with Gasteiger partial charge in [-0.15, -0.1) is 0 Å². The van der Waals surface area contributed by atoms with Gasteiger partial charge in [0.05, 0.1) is 7.11 Å². The van der Waals surface area contributed by atoms with Gasteiger partial charge in [-0.05, 0) is 6.42 Å². The number of rotatable bonds is 3. The van der Waals surface area contributed by atoms with Crippen molar-refractivity contribution in [1.29, 1.82) is 5.26 Å². The first-order valence-electron chi connectivity index (χ1n) is 3.11. The molecule has 0 aromatic rings. The Balaban J connectivity index is 4.18. The van der Waals surface area contributed by atoms with Crippen molar-refractivity contribution in [2.75, 3.05) is 7.11 Å². The molecule has 11 heavy (non-hydrogen) atoms. The summed E-state index contributed by atoms with van der Waals surface area (Å²) >= 11 is 0. The molecule has 0 aliphatic carbocycles. The monoisotopic (exact) mass is 155 g/mol. The fourth-order valence-corrected chi connectivity index (χ4v) is 0.499. The van der Waals surface area contributed by atoms with Crippen LogP contribution in [0.25, 0.3) is 0 Å². The lowest BCUT2D eigenvalue weighted by atomic mass is 10.2. The maximum Gasteiger partial charge on any atom is 0.383 e. The topological polar surface area (TPSA) is 59.3 Å². The molecule has 0 rings (SSSR count). The minimum atomic E-state index is -0.753. The van der Waals surface area contributed by atoms with Gasteiger partial charge in [-0.25, -0.2) is 4.79 Å². The van der Waals surface area contributed by atoms with Crippen LogP contribution in [0, 0.1) is 11.3 Å². The lowest BCUT2D eigenvalue weighted by Crippen LogP contribution is -2.05. The zero-order chi connectivity index (χ0) is 8.69. The molecule has 0 saturated heterocycles. The second-order valence-corrected chi connectivity index (χ2v) is 1.68. The average molecular weight is 155 g/mol. The van der Waals surface area contributed by atoms with Gasteiger partial charge in [-0.2, -0.15) is 10.1 Å². The third kappa shape index (κ3) is 3.38. The number of hydrogen-bond acceptors (Lipinski definition) is 4. The predicted molar refractivity (Wildman–Crippen MR) is 37.1 cm³/mol. The first-order valence-corrected chi connectivity index (χ1v) is 3.11. The third-order valence-corrected chi connectivity index (χ3v) is 0.908. The van der Waals surface area contributed by atoms with E-state index in [0.29, 0.717) is 6.42 Å². The molecule has 0 spiro atoms. The molecule has 0 aromatic carbocycles. The van der Waals surface area contributed by atoms with Crippen molar-refractivity contribution >= 4 is 5.97 Å². The molecule has 0 atom stereocenters. The summed E-state index contributed by atoms with van der Waals surface area (Å²) in [6.45, 7) is 1.82. The summed E-state index contributed by atoms with van der Waals surface area (Å²) in [4.78, 5) is 18.9. The number of hydrogen-bond donors (Lipinski definition) is 0. The molecule has 0 heterocycles. The minimum absolute atomic E-state index is 0.0330. The van der Waals surface area contributed by atoms with Crippen LogP contribution in [0.5, 0.6) is 0 Å². The van der Waals surface area contributed by atoms with Crippen LogP contribution >= 0.6 is 0 Å². The van der Waals surface area contributed by atoms with Gasteiger partial charge in [0, 0.05) is 0 Å². The maximum atomic E-state index is 10.7. The van der Waals surface area contributed by atoms with E-state index in [-0.39, 0.29) is 5.57 Å². The summed E-state index contributed by atoms with van der Waals surface area (Å²) in [6, 6.07) is 1.69. The molecule has 0 aliphatic rings. The van der Waals surface area contributed by atoms with Crippen LogP contribution in [0.3, 0.4) is 0 Å². The molecule has 0 fully saturated rings. The molecule has 0 radical (unpaired) electrons. The van der Waals surface area contributed by atoms with E-state index in [9.17, 15) is 4.79 Å². The fourth-order valence-electron chi connectivity index (χ4n) is 0.499. The number of nitrogens with zero attached hydrogens (tertiary/aromatic N) is 1. The van der Waals surface area contributed by atoms with Crippen LogP contribution in [-0.4, -0.2) is 13.1 Å². The molecule has 4 heteroatoms. The zero-order valence-corrected chi connectivity index (χ0v) is 6.46. The highest BCUT2D eigenvalue weighted by molar-refractivity contribution is 5.92. The number of carbonyl (C=O) groups excluding carboxylic acids is 1. The van der Waals surface area contributed by atoms with E-state index in [4.69, 9.17) is 5.26 Å². The van der Waals surface area contributed by atoms with Gasteiger partial charge >= 0.3 is 5.97 Å². The van der Waals surface area contributed by atoms with Crippen molar-refractivity contribution in [3.63, 3.8) is 0 Å². The van der Waals surface area contributed by atoms with E-state index in [0.717, 1.165) is 0 Å². The number of nitriles is 1. The van der Waals surface area contributed by atoms with Crippen LogP contribution in [0.1, 0.15) is 13.3 Å². The van der Waals surface area contributed by atoms with Crippen LogP contribution in [0.15, 0.2) is 11.6 Å². The van der Waals surface area contributed by atoms with E-state index >= 15 is 0 Å². The molecule has 0 aromatic heterocycles. The van der Waals surface area contributed by atoms with Crippen LogP contribution in [0.4, 0.5) is 0 Å². The summed E-state index contributed by atoms with van der Waals surface area (Å²) in [5.74, 6) is -0.753. The van der Waals surface area contributed by atoms with E-state index in [1.54, 1.807) is 6.07 Å². The summed E-state index contributed by atoms with van der Waals surface area (Å²) in [6.07, 6.45) is 2.09. The van der Waals surface area contributed by atoms with Gasteiger partial charge in [-0.3, -0.25) is 4.89 Å². The molecular weight excluding hydrogens is 146 g/mol. The van der Waals surface area contributed by atoms with Gasteiger partial charge < -0.3 is 0 Å². The maximum absolute atomic E-state index is 10.7. The third-order valence-electron chi connectivity index (χ3n) is 0.908. The van der Waals surface area contributed by atoms with E-state index in [2.05, 4.69) is 9.78 Å². The molecule has 0 N–H and O–H groups in total. The number of carbonyl (C=O) groups is 1. The average Bonchev–Trinajstić information content (AvgIpc) is 2.00. The summed E-state index contributed by atoms with van der Waals surface area (Å²) in [7, 11) is 1.21. The molecule has 0 bridgehead atoms. The normalized spacial score (nSPS) is 10.5. The highest BCUT2D eigenvalue weighted by Crippen LogP contribution is 1.97. The van der Waals surface area contributed by atoms with E-state index in [1.807, 2.05) is 6.92 Å². The largest absolute Gasteiger partial charge is 0.383 e. The minimum Gasteiger partial charge on any atom is -0.292 e. The lowest BCUT2D eigenvalue weighted by molar-refractivity contribution is -0.250. The van der Waals surface area contributed by atoms with Gasteiger partial charge in [0.25, 0.3) is 0 Å². The highest BCUT2D eigenvalue weighted by atomic mass is 17.2. The standard InChI is InChI=1S/C7H9NO3/c1-3-4-6(5-8)7(9)11-10-2/h4H,3H2,1-2H3. The van der Waals surface area contributed by atoms with Gasteiger partial charge in [-0.1, -0.05) is 13.0 Å². The van der Waals surface area contributed by atoms with E-state index < -0.39 is 5.97 Å². The molecular formula is C7H9NO3. The van der Waals surface area contributed by atoms with Crippen LogP contribution in [0.2, 0.25) is 0 Å². The smallest absolute Gasteiger partial charge is 0.292 e. The Morgan fingerprint density at radius 3 is 2.73 bits per heavy atom. The Hall–Kier alpha value is -1.34. The van der Waals surface area contributed by atoms with E-state index in [1.165, 1.54) is 13.2 Å². The second-order valence-electron chi connectivity index (χ2n) is 1.68. The second kappa shape index (κ2) is 5.45. The summed E-state index contributed by atoms with van der Waals surface area (Å²) in [5.41, 5.74) is -0.0330. The number of allylic oxidation sites excluding steroid dienone is 1. The van der Waals surface area contributed by atoms with Crippen molar-refractivity contribution in [3.05, 3.63) is 11.6 Å². The Bertz CT molecular complexity index is 202. The van der Waals surface area contributed by atoms with Crippen LogP contribution in [-0.2, 0) is 14.6 Å². The van der Waals surface area contributed by atoms with Crippen molar-refractivity contribution in [1.82, 2.24) is 0 Å². The molecule has 0 unspecified atom stereocenters. The van der Waals surface area contributed by atoms with Crippen molar-refractivity contribution in [3.8, 4) is 6.07 Å². The molecule has 4 nitrogen and oxygen atoms in total. The lowest BCUT2D eigenvalue weighted by Gasteiger charge is -1.95. The van der Waals surface area contributed by atoms with Crippen molar-refractivity contribution in [2.24, 2.45) is 0 Å². The van der Waals surface area contributed by atoms with Gasteiger partial charge in [0.15, 0.2) is 0 Å². The van der Waals surface area contributed by atoms with Crippen molar-refractivity contribution < 1.29 is 14.6 Å². The first-order chi connectivity index (χ1) is 5.26. The van der Waals surface area contributed by atoms with Gasteiger partial charge in [0.2, 0.25) is 0 Å². The van der Waals surface area contributed by atoms with Gasteiger partial charge in [0.1, 0.15) is 11.6 Å². The molecule has 0 aliphatic heterocycles. The Morgan fingerprint density at radius 1 is 1.73 bits per heavy atom. The Labute approximate surface area is 64.9 Å². The summed E-state index contributed by atoms with van der Waals surface area (Å²) < 4.78 is 0. The first kappa shape index (κ1) is 9.66. The SMILES string of the molecule is CCC=C(C#N)C(=O)OOC. The predicted octanol–water partition coefficient (Wildman–Crippen LogP) is 0.951. The van der Waals surface area contributed by atoms with Crippen molar-refractivity contribution in [2.45, 2.75) is 13.3 Å². The highest BCUT2D eigenvalue weighted by Gasteiger charge is 2.09. The molecule has 0 amide bonds. The fraction of sp³-hybridized carbons (Fsp3) is 0.429. The summed E-state index contributed by atoms with van der Waals surface area (Å²) in [5, 5.41) is 8.38. The zero-order valence-electron chi connectivity index (χ0n) is 6.46. The Morgan fingerprint density at radius 2 is 2.36 bits per heavy atom. The quantitative estimate of drug-likeness (QED) is 0.263.